The maximum Gasteiger partial charge on any atom is 0.347 e. The summed E-state index contributed by atoms with van der Waals surface area (Å²) in [7, 11) is 0. The molecule has 0 spiro atoms. The summed E-state index contributed by atoms with van der Waals surface area (Å²) >= 11 is 3.34. The van der Waals surface area contributed by atoms with Crippen LogP contribution < -0.4 is 9.47 Å². The van der Waals surface area contributed by atoms with Gasteiger partial charge in [-0.15, -0.1) is 0 Å². The van der Waals surface area contributed by atoms with Gasteiger partial charge in [-0.2, -0.15) is 0 Å². The summed E-state index contributed by atoms with van der Waals surface area (Å²) in [6, 6.07) is 14.2. The van der Waals surface area contributed by atoms with Gasteiger partial charge in [0, 0.05) is 0 Å². The molecule has 0 aliphatic rings. The molecule has 0 aliphatic carbocycles. The first-order valence-corrected chi connectivity index (χ1v) is 6.70. The summed E-state index contributed by atoms with van der Waals surface area (Å²) in [4.78, 5) is 12.1. The molecule has 0 atom stereocenters. The predicted octanol–water partition coefficient (Wildman–Crippen LogP) is 4.07. The van der Waals surface area contributed by atoms with Gasteiger partial charge < -0.3 is 9.47 Å². The van der Waals surface area contributed by atoms with Crippen LogP contribution in [0.2, 0.25) is 0 Å². The summed E-state index contributed by atoms with van der Waals surface area (Å²) in [5, 5.41) is 0. The Morgan fingerprint density at radius 1 is 1.05 bits per heavy atom. The molecule has 98 valence electrons. The van der Waals surface area contributed by atoms with E-state index in [4.69, 9.17) is 9.47 Å². The van der Waals surface area contributed by atoms with E-state index in [1.54, 1.807) is 24.3 Å². The number of halogens is 1. The second-order valence-electron chi connectivity index (χ2n) is 3.75. The van der Waals surface area contributed by atoms with Gasteiger partial charge in [0.2, 0.25) is 0 Å². The van der Waals surface area contributed by atoms with Crippen LogP contribution in [0.25, 0.3) is 0 Å². The highest BCUT2D eigenvalue weighted by molar-refractivity contribution is 9.10. The van der Waals surface area contributed by atoms with Crippen molar-refractivity contribution in [2.45, 2.75) is 6.92 Å². The van der Waals surface area contributed by atoms with Crippen LogP contribution in [-0.2, 0) is 0 Å². The zero-order valence-corrected chi connectivity index (χ0v) is 12.0. The van der Waals surface area contributed by atoms with Crippen LogP contribution in [0.3, 0.4) is 0 Å². The Bertz CT molecular complexity index is 581. The summed E-state index contributed by atoms with van der Waals surface area (Å²) < 4.78 is 11.5. The zero-order valence-electron chi connectivity index (χ0n) is 10.4. The highest BCUT2D eigenvalue weighted by Gasteiger charge is 2.15. The van der Waals surface area contributed by atoms with Gasteiger partial charge in [0.25, 0.3) is 0 Å². The van der Waals surface area contributed by atoms with Crippen LogP contribution in [0, 0.1) is 0 Å². The zero-order chi connectivity index (χ0) is 13.7. The molecule has 3 nitrogen and oxygen atoms in total. The van der Waals surface area contributed by atoms with Crippen LogP contribution in [0.15, 0.2) is 53.0 Å². The van der Waals surface area contributed by atoms with E-state index in [-0.39, 0.29) is 0 Å². The Morgan fingerprint density at radius 3 is 2.37 bits per heavy atom. The number of hydrogen-bond donors (Lipinski definition) is 0. The van der Waals surface area contributed by atoms with Gasteiger partial charge in [0.1, 0.15) is 17.1 Å². The Morgan fingerprint density at radius 2 is 1.68 bits per heavy atom. The number of carbonyl (C=O) groups is 1. The van der Waals surface area contributed by atoms with Crippen LogP contribution >= 0.6 is 15.9 Å². The van der Waals surface area contributed by atoms with Gasteiger partial charge in [0.15, 0.2) is 0 Å². The average Bonchev–Trinajstić information content (AvgIpc) is 2.42. The number of ether oxygens (including phenoxy) is 2. The second-order valence-corrected chi connectivity index (χ2v) is 4.60. The molecular formula is C15H13BrO3. The highest BCUT2D eigenvalue weighted by atomic mass is 79.9. The number of para-hydroxylation sites is 2. The Kier molecular flexibility index (Phi) is 4.58. The Balaban J connectivity index is 2.23. The standard InChI is InChI=1S/C15H13BrO3/c1-2-18-13-9-5-3-7-11(13)15(17)19-14-10-6-4-8-12(14)16/h3-10H,2H2,1H3. The lowest BCUT2D eigenvalue weighted by Gasteiger charge is -2.10. The van der Waals surface area contributed by atoms with E-state index in [0.29, 0.717) is 23.7 Å². The van der Waals surface area contributed by atoms with Crippen molar-refractivity contribution in [3.05, 3.63) is 58.6 Å². The van der Waals surface area contributed by atoms with E-state index in [0.717, 1.165) is 4.47 Å². The quantitative estimate of drug-likeness (QED) is 0.629. The minimum absolute atomic E-state index is 0.417. The highest BCUT2D eigenvalue weighted by Crippen LogP contribution is 2.26. The molecule has 0 saturated carbocycles. The van der Waals surface area contributed by atoms with Gasteiger partial charge >= 0.3 is 5.97 Å². The van der Waals surface area contributed by atoms with Gasteiger partial charge in [-0.25, -0.2) is 4.79 Å². The van der Waals surface area contributed by atoms with Crippen molar-refractivity contribution in [1.82, 2.24) is 0 Å². The molecule has 0 saturated heterocycles. The summed E-state index contributed by atoms with van der Waals surface area (Å²) in [6.45, 7) is 2.37. The number of carbonyl (C=O) groups excluding carboxylic acids is 1. The predicted molar refractivity (Wildman–Crippen MR) is 76.7 cm³/mol. The van der Waals surface area contributed by atoms with E-state index in [1.807, 2.05) is 31.2 Å². The molecule has 2 aromatic rings. The molecule has 0 amide bonds. The fourth-order valence-electron chi connectivity index (χ4n) is 1.60. The fourth-order valence-corrected chi connectivity index (χ4v) is 1.96. The molecule has 0 radical (unpaired) electrons. The van der Waals surface area contributed by atoms with E-state index in [2.05, 4.69) is 15.9 Å². The van der Waals surface area contributed by atoms with Crippen LogP contribution in [0.4, 0.5) is 0 Å². The largest absolute Gasteiger partial charge is 0.493 e. The van der Waals surface area contributed by atoms with Crippen molar-refractivity contribution in [1.29, 1.82) is 0 Å². The Hall–Kier alpha value is -1.81. The smallest absolute Gasteiger partial charge is 0.347 e. The van der Waals surface area contributed by atoms with Gasteiger partial charge in [0.05, 0.1) is 11.1 Å². The average molecular weight is 321 g/mol. The van der Waals surface area contributed by atoms with Crippen LogP contribution in [0.1, 0.15) is 17.3 Å². The van der Waals surface area contributed by atoms with Crippen molar-refractivity contribution in [2.75, 3.05) is 6.61 Å². The molecule has 2 aromatic carbocycles. The van der Waals surface area contributed by atoms with Crippen molar-refractivity contribution < 1.29 is 14.3 Å². The lowest BCUT2D eigenvalue weighted by molar-refractivity contribution is 0.0729. The number of rotatable bonds is 4. The monoisotopic (exact) mass is 320 g/mol. The molecule has 4 heteroatoms. The molecular weight excluding hydrogens is 308 g/mol. The minimum atomic E-state index is -0.434. The van der Waals surface area contributed by atoms with Crippen molar-refractivity contribution in [3.63, 3.8) is 0 Å². The third-order valence-corrected chi connectivity index (χ3v) is 3.10. The SMILES string of the molecule is CCOc1ccccc1C(=O)Oc1ccccc1Br. The lowest BCUT2D eigenvalue weighted by atomic mass is 10.2. The van der Waals surface area contributed by atoms with E-state index < -0.39 is 5.97 Å². The molecule has 19 heavy (non-hydrogen) atoms. The summed E-state index contributed by atoms with van der Waals surface area (Å²) in [6.07, 6.45) is 0. The van der Waals surface area contributed by atoms with E-state index >= 15 is 0 Å². The molecule has 0 aromatic heterocycles. The topological polar surface area (TPSA) is 35.5 Å². The second kappa shape index (κ2) is 6.38. The number of hydrogen-bond acceptors (Lipinski definition) is 3. The van der Waals surface area contributed by atoms with Crippen molar-refractivity contribution >= 4 is 21.9 Å². The first kappa shape index (κ1) is 13.6. The van der Waals surface area contributed by atoms with Crippen LogP contribution in [0.5, 0.6) is 11.5 Å². The maximum atomic E-state index is 12.1. The minimum Gasteiger partial charge on any atom is -0.493 e. The summed E-state index contributed by atoms with van der Waals surface area (Å²) in [5.74, 6) is 0.580. The molecule has 0 aliphatic heterocycles. The number of esters is 1. The van der Waals surface area contributed by atoms with Gasteiger partial charge in [-0.3, -0.25) is 0 Å². The normalized spacial score (nSPS) is 10.0. The molecule has 0 bridgehead atoms. The van der Waals surface area contributed by atoms with E-state index in [1.165, 1.54) is 0 Å². The molecule has 0 N–H and O–H groups in total. The fraction of sp³-hybridized carbons (Fsp3) is 0.133. The van der Waals surface area contributed by atoms with Crippen molar-refractivity contribution in [3.8, 4) is 11.5 Å². The number of benzene rings is 2. The molecule has 0 unspecified atom stereocenters. The molecule has 0 heterocycles. The van der Waals surface area contributed by atoms with Crippen molar-refractivity contribution in [2.24, 2.45) is 0 Å². The van der Waals surface area contributed by atoms with Gasteiger partial charge in [-0.05, 0) is 47.1 Å². The van der Waals surface area contributed by atoms with Gasteiger partial charge in [-0.1, -0.05) is 24.3 Å². The third-order valence-electron chi connectivity index (χ3n) is 2.45. The first-order chi connectivity index (χ1) is 9.22. The van der Waals surface area contributed by atoms with E-state index in [9.17, 15) is 4.79 Å². The molecule has 0 fully saturated rings. The Labute approximate surface area is 120 Å². The summed E-state index contributed by atoms with van der Waals surface area (Å²) in [5.41, 5.74) is 0.417. The van der Waals surface area contributed by atoms with Crippen LogP contribution in [-0.4, -0.2) is 12.6 Å². The maximum absolute atomic E-state index is 12.1. The first-order valence-electron chi connectivity index (χ1n) is 5.91. The third kappa shape index (κ3) is 3.35. The lowest BCUT2D eigenvalue weighted by Crippen LogP contribution is -2.11. The molecule has 2 rings (SSSR count).